The molecular formula is C14H18N2O3S. The van der Waals surface area contributed by atoms with Crippen LogP contribution in [0.15, 0.2) is 24.3 Å². The summed E-state index contributed by atoms with van der Waals surface area (Å²) in [6.45, 7) is 1.05. The van der Waals surface area contributed by atoms with E-state index in [0.29, 0.717) is 19.5 Å². The number of sulfone groups is 1. The Balaban J connectivity index is 1.70. The Morgan fingerprint density at radius 3 is 2.55 bits per heavy atom. The molecule has 6 heteroatoms. The zero-order chi connectivity index (χ0) is 14.3. The molecule has 0 aromatic heterocycles. The van der Waals surface area contributed by atoms with Gasteiger partial charge in [-0.2, -0.15) is 0 Å². The van der Waals surface area contributed by atoms with E-state index in [2.05, 4.69) is 0 Å². The van der Waals surface area contributed by atoms with Crippen LogP contribution in [0.5, 0.6) is 0 Å². The van der Waals surface area contributed by atoms with Crippen LogP contribution in [0.4, 0.5) is 0 Å². The number of hydrogen-bond acceptors (Lipinski definition) is 4. The van der Waals surface area contributed by atoms with Crippen molar-refractivity contribution in [1.82, 2.24) is 4.90 Å². The molecule has 108 valence electrons. The van der Waals surface area contributed by atoms with Gasteiger partial charge in [-0.15, -0.1) is 0 Å². The number of fused-ring (bicyclic) bond motifs is 2. The van der Waals surface area contributed by atoms with Crippen LogP contribution in [0, 0.1) is 0 Å². The summed E-state index contributed by atoms with van der Waals surface area (Å²) in [7, 11) is -3.18. The molecule has 2 bridgehead atoms. The number of carbonyl (C=O) groups is 1. The average Bonchev–Trinajstić information content (AvgIpc) is 2.89. The van der Waals surface area contributed by atoms with Gasteiger partial charge in [0.25, 0.3) is 0 Å². The highest BCUT2D eigenvalue weighted by molar-refractivity contribution is 7.93. The van der Waals surface area contributed by atoms with Crippen LogP contribution < -0.4 is 5.73 Å². The Labute approximate surface area is 118 Å². The summed E-state index contributed by atoms with van der Waals surface area (Å²) in [6, 6.07) is 7.77. The molecule has 2 unspecified atom stereocenters. The van der Waals surface area contributed by atoms with Gasteiger partial charge < -0.3 is 10.6 Å². The Morgan fingerprint density at radius 1 is 1.25 bits per heavy atom. The Kier molecular flexibility index (Phi) is 3.30. The highest BCUT2D eigenvalue weighted by Gasteiger charge is 2.54. The van der Waals surface area contributed by atoms with E-state index in [1.807, 2.05) is 24.3 Å². The molecule has 0 aliphatic carbocycles. The molecule has 2 saturated heterocycles. The van der Waals surface area contributed by atoms with Crippen LogP contribution in [0.3, 0.4) is 0 Å². The SMILES string of the molecule is NCc1ccccc1CCN1C(=O)C2CC1CS2(=O)=O. The molecule has 1 amide bonds. The molecule has 1 aromatic rings. The predicted molar refractivity (Wildman–Crippen MR) is 75.7 cm³/mol. The molecule has 2 N–H and O–H groups in total. The summed E-state index contributed by atoms with van der Waals surface area (Å²) in [5, 5.41) is -0.780. The van der Waals surface area contributed by atoms with Gasteiger partial charge in [0.05, 0.1) is 5.75 Å². The maximum absolute atomic E-state index is 12.1. The lowest BCUT2D eigenvalue weighted by atomic mass is 10.0. The number of nitrogens with zero attached hydrogens (tertiary/aromatic N) is 1. The minimum atomic E-state index is -3.18. The first kappa shape index (κ1) is 13.6. The van der Waals surface area contributed by atoms with Crippen molar-refractivity contribution >= 4 is 15.7 Å². The standard InChI is InChI=1S/C14H18N2O3S/c15-8-11-4-2-1-3-10(11)5-6-16-12-7-13(14(16)17)20(18,19)9-12/h1-4,12-13H,5-9,15H2. The molecule has 2 heterocycles. The van der Waals surface area contributed by atoms with Gasteiger partial charge in [0.15, 0.2) is 9.84 Å². The van der Waals surface area contributed by atoms with E-state index in [0.717, 1.165) is 17.5 Å². The summed E-state index contributed by atoms with van der Waals surface area (Å²) in [5.74, 6) is -0.0893. The highest BCUT2D eigenvalue weighted by Crippen LogP contribution is 2.34. The number of rotatable bonds is 4. The van der Waals surface area contributed by atoms with E-state index in [1.165, 1.54) is 0 Å². The largest absolute Gasteiger partial charge is 0.337 e. The second-order valence-electron chi connectivity index (χ2n) is 5.46. The van der Waals surface area contributed by atoms with Gasteiger partial charge in [0.2, 0.25) is 5.91 Å². The molecule has 1 aromatic carbocycles. The molecular weight excluding hydrogens is 276 g/mol. The molecule has 5 nitrogen and oxygen atoms in total. The normalized spacial score (nSPS) is 27.2. The topological polar surface area (TPSA) is 80.5 Å². The van der Waals surface area contributed by atoms with E-state index in [4.69, 9.17) is 5.73 Å². The number of nitrogens with two attached hydrogens (primary N) is 1. The van der Waals surface area contributed by atoms with E-state index in [-0.39, 0.29) is 17.7 Å². The van der Waals surface area contributed by atoms with Crippen molar-refractivity contribution in [2.45, 2.75) is 30.7 Å². The lowest BCUT2D eigenvalue weighted by Gasteiger charge is -2.27. The van der Waals surface area contributed by atoms with Crippen molar-refractivity contribution in [3.05, 3.63) is 35.4 Å². The fourth-order valence-corrected chi connectivity index (χ4v) is 5.26. The molecule has 2 aliphatic heterocycles. The third-order valence-electron chi connectivity index (χ3n) is 4.30. The van der Waals surface area contributed by atoms with Gasteiger partial charge >= 0.3 is 0 Å². The van der Waals surface area contributed by atoms with Gasteiger partial charge in [-0.3, -0.25) is 4.79 Å². The second kappa shape index (κ2) is 4.86. The zero-order valence-corrected chi connectivity index (χ0v) is 12.0. The second-order valence-corrected chi connectivity index (χ2v) is 7.69. The maximum atomic E-state index is 12.1. The fourth-order valence-electron chi connectivity index (χ4n) is 3.22. The summed E-state index contributed by atoms with van der Waals surface area (Å²) in [5.41, 5.74) is 7.91. The predicted octanol–water partition coefficient (Wildman–Crippen LogP) is 0.0857. The number of carbonyl (C=O) groups excluding carboxylic acids is 1. The third-order valence-corrected chi connectivity index (χ3v) is 6.41. The van der Waals surface area contributed by atoms with Crippen molar-refractivity contribution in [1.29, 1.82) is 0 Å². The molecule has 0 radical (unpaired) electrons. The van der Waals surface area contributed by atoms with Crippen molar-refractivity contribution in [3.63, 3.8) is 0 Å². The number of benzene rings is 1. The number of likely N-dealkylation sites (tertiary alicyclic amines) is 1. The van der Waals surface area contributed by atoms with Crippen LogP contribution in [0.25, 0.3) is 0 Å². The molecule has 0 saturated carbocycles. The molecule has 20 heavy (non-hydrogen) atoms. The smallest absolute Gasteiger partial charge is 0.241 e. The van der Waals surface area contributed by atoms with E-state index >= 15 is 0 Å². The van der Waals surface area contributed by atoms with Crippen LogP contribution in [-0.2, 0) is 27.6 Å². The Morgan fingerprint density at radius 2 is 1.95 bits per heavy atom. The van der Waals surface area contributed by atoms with Gasteiger partial charge in [-0.25, -0.2) is 8.42 Å². The summed E-state index contributed by atoms with van der Waals surface area (Å²) in [4.78, 5) is 13.8. The van der Waals surface area contributed by atoms with Gasteiger partial charge in [0, 0.05) is 19.1 Å². The fraction of sp³-hybridized carbons (Fsp3) is 0.500. The zero-order valence-electron chi connectivity index (χ0n) is 11.2. The quantitative estimate of drug-likeness (QED) is 0.853. The minimum absolute atomic E-state index is 0.123. The van der Waals surface area contributed by atoms with Gasteiger partial charge in [-0.1, -0.05) is 24.3 Å². The summed E-state index contributed by atoms with van der Waals surface area (Å²) >= 11 is 0. The van der Waals surface area contributed by atoms with Crippen LogP contribution in [0.1, 0.15) is 17.5 Å². The molecule has 3 rings (SSSR count). The van der Waals surface area contributed by atoms with Crippen molar-refractivity contribution in [2.75, 3.05) is 12.3 Å². The lowest BCUT2D eigenvalue weighted by molar-refractivity contribution is -0.128. The van der Waals surface area contributed by atoms with Gasteiger partial charge in [0.1, 0.15) is 5.25 Å². The third kappa shape index (κ3) is 2.13. The first-order valence-corrected chi connectivity index (χ1v) is 8.53. The number of hydrogen-bond donors (Lipinski definition) is 1. The Bertz CT molecular complexity index is 642. The van der Waals surface area contributed by atoms with Crippen LogP contribution >= 0.6 is 0 Å². The van der Waals surface area contributed by atoms with E-state index in [1.54, 1.807) is 4.90 Å². The minimum Gasteiger partial charge on any atom is -0.337 e. The van der Waals surface area contributed by atoms with Crippen LogP contribution in [-0.4, -0.2) is 42.8 Å². The van der Waals surface area contributed by atoms with Crippen LogP contribution in [0.2, 0.25) is 0 Å². The summed E-state index contributed by atoms with van der Waals surface area (Å²) < 4.78 is 23.4. The Hall–Kier alpha value is -1.40. The maximum Gasteiger partial charge on any atom is 0.241 e. The highest BCUT2D eigenvalue weighted by atomic mass is 32.2. The van der Waals surface area contributed by atoms with E-state index < -0.39 is 15.1 Å². The summed E-state index contributed by atoms with van der Waals surface area (Å²) in [6.07, 6.45) is 1.20. The molecule has 2 atom stereocenters. The monoisotopic (exact) mass is 294 g/mol. The first-order valence-electron chi connectivity index (χ1n) is 6.82. The van der Waals surface area contributed by atoms with Crippen molar-refractivity contribution in [3.8, 4) is 0 Å². The molecule has 2 fully saturated rings. The molecule has 2 aliphatic rings. The van der Waals surface area contributed by atoms with E-state index in [9.17, 15) is 13.2 Å². The van der Waals surface area contributed by atoms with Crippen molar-refractivity contribution < 1.29 is 13.2 Å². The van der Waals surface area contributed by atoms with Crippen molar-refractivity contribution in [2.24, 2.45) is 5.73 Å². The van der Waals surface area contributed by atoms with Gasteiger partial charge in [-0.05, 0) is 24.0 Å². The lowest BCUT2D eigenvalue weighted by Crippen LogP contribution is -2.45. The first-order chi connectivity index (χ1) is 9.53. The number of amides is 1. The molecule has 0 spiro atoms. The average molecular weight is 294 g/mol.